The van der Waals surface area contributed by atoms with Crippen LogP contribution in [-0.2, 0) is 19.5 Å². The largest absolute Gasteiger partial charge is 0.457 e. The Bertz CT molecular complexity index is 1020. The highest BCUT2D eigenvalue weighted by molar-refractivity contribution is 14.0. The summed E-state index contributed by atoms with van der Waals surface area (Å²) in [6.07, 6.45) is 3.56. The van der Waals surface area contributed by atoms with Gasteiger partial charge in [-0.2, -0.15) is 5.10 Å². The number of aryl methyl sites for hydroxylation is 2. The Labute approximate surface area is 200 Å². The van der Waals surface area contributed by atoms with Crippen molar-refractivity contribution >= 4 is 29.9 Å². The zero-order chi connectivity index (χ0) is 20.8. The van der Waals surface area contributed by atoms with Gasteiger partial charge in [-0.15, -0.1) is 24.0 Å². The number of aliphatic imine (C=N–C) groups is 1. The van der Waals surface area contributed by atoms with Crippen LogP contribution >= 0.6 is 24.0 Å². The van der Waals surface area contributed by atoms with E-state index in [0.29, 0.717) is 6.54 Å². The van der Waals surface area contributed by atoms with E-state index >= 15 is 0 Å². The first kappa shape index (κ1) is 23.1. The molecule has 0 saturated carbocycles. The third-order valence-corrected chi connectivity index (χ3v) is 5.09. The molecule has 7 nitrogen and oxygen atoms in total. The van der Waals surface area contributed by atoms with Gasteiger partial charge in [0.2, 0.25) is 0 Å². The molecule has 1 aliphatic rings. The molecule has 1 aliphatic heterocycles. The molecule has 2 N–H and O–H groups in total. The topological polar surface area (TPSA) is 76.4 Å². The molecule has 1 atom stereocenters. The van der Waals surface area contributed by atoms with Gasteiger partial charge in [-0.05, 0) is 44.0 Å². The Morgan fingerprint density at radius 3 is 2.94 bits per heavy atom. The predicted molar refractivity (Wildman–Crippen MR) is 133 cm³/mol. The zero-order valence-corrected chi connectivity index (χ0v) is 20.2. The monoisotopic (exact) mass is 532 g/mol. The highest BCUT2D eigenvalue weighted by Crippen LogP contribution is 2.26. The summed E-state index contributed by atoms with van der Waals surface area (Å²) in [4.78, 5) is 9.11. The lowest BCUT2D eigenvalue weighted by Gasteiger charge is -2.25. The first-order valence-electron chi connectivity index (χ1n) is 10.4. The minimum atomic E-state index is 0. The van der Waals surface area contributed by atoms with Crippen molar-refractivity contribution in [3.8, 4) is 11.5 Å². The van der Waals surface area contributed by atoms with Crippen molar-refractivity contribution in [2.45, 2.75) is 45.8 Å². The number of hydrogen-bond donors (Lipinski definition) is 2. The Morgan fingerprint density at radius 1 is 1.23 bits per heavy atom. The summed E-state index contributed by atoms with van der Waals surface area (Å²) in [7, 11) is 0. The summed E-state index contributed by atoms with van der Waals surface area (Å²) < 4.78 is 8.10. The van der Waals surface area contributed by atoms with Crippen molar-refractivity contribution in [2.24, 2.45) is 4.99 Å². The average molecular weight is 532 g/mol. The Kier molecular flexibility index (Phi) is 8.27. The van der Waals surface area contributed by atoms with Crippen LogP contribution in [0.3, 0.4) is 0 Å². The van der Waals surface area contributed by atoms with Gasteiger partial charge in [-0.25, -0.2) is 14.7 Å². The van der Waals surface area contributed by atoms with Crippen molar-refractivity contribution < 1.29 is 4.74 Å². The number of hydrogen-bond acceptors (Lipinski definition) is 4. The van der Waals surface area contributed by atoms with Crippen molar-refractivity contribution in [1.82, 2.24) is 25.4 Å². The first-order chi connectivity index (χ1) is 14.7. The number of rotatable bonds is 6. The number of guanidine groups is 1. The SMILES string of the molecule is CCNC(=NCc1ccccc1Oc1cccc(C)c1)NC1CCc2ncnn2C1.I. The number of para-hydroxylation sites is 1. The lowest BCUT2D eigenvalue weighted by Crippen LogP contribution is -2.47. The molecular weight excluding hydrogens is 503 g/mol. The lowest BCUT2D eigenvalue weighted by molar-refractivity contribution is 0.392. The summed E-state index contributed by atoms with van der Waals surface area (Å²) in [5.74, 6) is 3.52. The molecule has 0 saturated heterocycles. The van der Waals surface area contributed by atoms with Gasteiger partial charge >= 0.3 is 0 Å². The second-order valence-electron chi connectivity index (χ2n) is 7.46. The molecule has 8 heteroatoms. The molecule has 1 unspecified atom stereocenters. The number of benzene rings is 2. The summed E-state index contributed by atoms with van der Waals surface area (Å²) in [5.41, 5.74) is 2.21. The van der Waals surface area contributed by atoms with Crippen LogP contribution in [0.5, 0.6) is 11.5 Å². The lowest BCUT2D eigenvalue weighted by atomic mass is 10.1. The summed E-state index contributed by atoms with van der Waals surface area (Å²) in [5, 5.41) is 11.2. The Hall–Kier alpha value is -2.62. The normalized spacial score (nSPS) is 15.5. The van der Waals surface area contributed by atoms with Crippen LogP contribution in [0.2, 0.25) is 0 Å². The van der Waals surface area contributed by atoms with Gasteiger partial charge in [0.15, 0.2) is 5.96 Å². The molecule has 4 rings (SSSR count). The van der Waals surface area contributed by atoms with Gasteiger partial charge in [0.1, 0.15) is 23.7 Å². The molecule has 2 aromatic carbocycles. The highest BCUT2D eigenvalue weighted by atomic mass is 127. The fourth-order valence-electron chi connectivity index (χ4n) is 3.57. The maximum absolute atomic E-state index is 6.13. The van der Waals surface area contributed by atoms with Crippen LogP contribution in [-0.4, -0.2) is 33.3 Å². The van der Waals surface area contributed by atoms with Gasteiger partial charge < -0.3 is 15.4 Å². The number of fused-ring (bicyclic) bond motifs is 1. The quantitative estimate of drug-likeness (QED) is 0.285. The number of ether oxygens (including phenoxy) is 1. The Balaban J connectivity index is 0.00000272. The van der Waals surface area contributed by atoms with Crippen LogP contribution < -0.4 is 15.4 Å². The second-order valence-corrected chi connectivity index (χ2v) is 7.46. The van der Waals surface area contributed by atoms with Crippen molar-refractivity contribution in [2.75, 3.05) is 6.54 Å². The molecule has 1 aromatic heterocycles. The van der Waals surface area contributed by atoms with E-state index < -0.39 is 0 Å². The van der Waals surface area contributed by atoms with Crippen LogP contribution in [0.25, 0.3) is 0 Å². The minimum Gasteiger partial charge on any atom is -0.457 e. The van der Waals surface area contributed by atoms with Gasteiger partial charge in [-0.1, -0.05) is 30.3 Å². The second kappa shape index (κ2) is 11.1. The molecule has 0 fully saturated rings. The van der Waals surface area contributed by atoms with Crippen LogP contribution in [0.15, 0.2) is 59.9 Å². The van der Waals surface area contributed by atoms with E-state index in [4.69, 9.17) is 9.73 Å². The van der Waals surface area contributed by atoms with Crippen molar-refractivity contribution in [1.29, 1.82) is 0 Å². The Morgan fingerprint density at radius 2 is 2.10 bits per heavy atom. The summed E-state index contributed by atoms with van der Waals surface area (Å²) in [6, 6.07) is 16.4. The van der Waals surface area contributed by atoms with Crippen LogP contribution in [0.1, 0.15) is 30.3 Å². The molecule has 164 valence electrons. The molecule has 0 amide bonds. The number of aromatic nitrogens is 3. The minimum absolute atomic E-state index is 0. The molecule has 3 aromatic rings. The average Bonchev–Trinajstić information content (AvgIpc) is 3.21. The zero-order valence-electron chi connectivity index (χ0n) is 17.9. The summed E-state index contributed by atoms with van der Waals surface area (Å²) in [6.45, 7) is 6.26. The van der Waals surface area contributed by atoms with Gasteiger partial charge in [-0.3, -0.25) is 0 Å². The maximum atomic E-state index is 6.13. The van der Waals surface area contributed by atoms with E-state index in [-0.39, 0.29) is 30.0 Å². The maximum Gasteiger partial charge on any atom is 0.191 e. The van der Waals surface area contributed by atoms with Gasteiger partial charge in [0.25, 0.3) is 0 Å². The third kappa shape index (κ3) is 6.19. The molecule has 0 radical (unpaired) electrons. The summed E-state index contributed by atoms with van der Waals surface area (Å²) >= 11 is 0. The molecule has 0 aliphatic carbocycles. The third-order valence-electron chi connectivity index (χ3n) is 5.09. The highest BCUT2D eigenvalue weighted by Gasteiger charge is 2.20. The fourth-order valence-corrected chi connectivity index (χ4v) is 3.57. The van der Waals surface area contributed by atoms with Gasteiger partial charge in [0.05, 0.1) is 13.1 Å². The van der Waals surface area contributed by atoms with Crippen molar-refractivity contribution in [3.05, 3.63) is 71.8 Å². The number of nitrogens with one attached hydrogen (secondary N) is 2. The van der Waals surface area contributed by atoms with Crippen LogP contribution in [0, 0.1) is 6.92 Å². The smallest absolute Gasteiger partial charge is 0.191 e. The van der Waals surface area contributed by atoms with Crippen molar-refractivity contribution in [3.63, 3.8) is 0 Å². The van der Waals surface area contributed by atoms with E-state index in [1.54, 1.807) is 6.33 Å². The standard InChI is InChI=1S/C23H28N6O.HI/c1-3-24-23(28-19-11-12-22-26-16-27-29(22)15-19)25-14-18-8-4-5-10-21(18)30-20-9-6-7-17(2)13-20;/h4-10,13,16,19H,3,11-12,14-15H2,1-2H3,(H2,24,25,28);1H. The molecule has 2 heterocycles. The van der Waals surface area contributed by atoms with E-state index in [1.807, 2.05) is 41.1 Å². The van der Waals surface area contributed by atoms with E-state index in [2.05, 4.69) is 46.7 Å². The molecular formula is C23H29IN6O. The number of halogens is 1. The molecule has 31 heavy (non-hydrogen) atoms. The first-order valence-corrected chi connectivity index (χ1v) is 10.4. The molecule has 0 bridgehead atoms. The fraction of sp³-hybridized carbons (Fsp3) is 0.348. The van der Waals surface area contributed by atoms with E-state index in [0.717, 1.165) is 54.8 Å². The number of nitrogens with zero attached hydrogens (tertiary/aromatic N) is 4. The van der Waals surface area contributed by atoms with E-state index in [9.17, 15) is 0 Å². The van der Waals surface area contributed by atoms with Crippen LogP contribution in [0.4, 0.5) is 0 Å². The molecule has 0 spiro atoms. The predicted octanol–water partition coefficient (Wildman–Crippen LogP) is 4.07. The van der Waals surface area contributed by atoms with E-state index in [1.165, 1.54) is 5.56 Å². The van der Waals surface area contributed by atoms with Gasteiger partial charge in [0, 0.05) is 24.6 Å².